The highest BCUT2D eigenvalue weighted by molar-refractivity contribution is 9.10. The molecule has 50 heavy (non-hydrogen) atoms. The molecule has 3 heterocycles. The van der Waals surface area contributed by atoms with Crippen LogP contribution in [0.5, 0.6) is 0 Å². The second-order valence-electron chi connectivity index (χ2n) is 13.0. The number of amides is 2. The van der Waals surface area contributed by atoms with Gasteiger partial charge < -0.3 is 4.90 Å². The topological polar surface area (TPSA) is 56.2 Å². The highest BCUT2D eigenvalue weighted by Gasteiger charge is 2.65. The largest absolute Gasteiger partial charge is 0.315 e. The normalized spacial score (nSPS) is 21.4. The lowest BCUT2D eigenvalue weighted by atomic mass is 9.67. The number of fused-ring (bicyclic) bond motifs is 1. The van der Waals surface area contributed by atoms with E-state index in [2.05, 4.69) is 64.5 Å². The van der Waals surface area contributed by atoms with E-state index in [1.54, 1.807) is 0 Å². The number of β-lactam (4-membered cyclic amide) rings is 2. The lowest BCUT2D eigenvalue weighted by molar-refractivity contribution is -0.140. The average molecular weight is 835 g/mol. The second-order valence-corrected chi connectivity index (χ2v) is 15.7. The van der Waals surface area contributed by atoms with Crippen molar-refractivity contribution >= 4 is 95.3 Å². The zero-order chi connectivity index (χ0) is 35.5. The zero-order valence-corrected chi connectivity index (χ0v) is 32.9. The van der Waals surface area contributed by atoms with Gasteiger partial charge in [-0.15, -0.1) is 0 Å². The van der Waals surface area contributed by atoms with Gasteiger partial charge in [-0.25, -0.2) is 4.99 Å². The second kappa shape index (κ2) is 13.3. The fraction of sp³-hybridized carbons (Fsp3) is 0.275. The third-order valence-corrected chi connectivity index (χ3v) is 12.4. The number of carbonyl (C=O) groups excluding carboxylic acids is 2. The molecule has 0 saturated carbocycles. The number of hydrogen-bond acceptors (Lipinski definition) is 4. The van der Waals surface area contributed by atoms with Crippen molar-refractivity contribution in [1.29, 1.82) is 0 Å². The Hall–Kier alpha value is -3.43. The monoisotopic (exact) mass is 832 g/mol. The van der Waals surface area contributed by atoms with Crippen LogP contribution in [0.2, 0.25) is 10.0 Å². The molecule has 0 bridgehead atoms. The molecular weight excluding hydrogens is 799 g/mol. The van der Waals surface area contributed by atoms with Gasteiger partial charge in [0.15, 0.2) is 0 Å². The average Bonchev–Trinajstić information content (AvgIpc) is 3.40. The summed E-state index contributed by atoms with van der Waals surface area (Å²) >= 11 is 20.2. The first-order valence-corrected chi connectivity index (χ1v) is 19.3. The van der Waals surface area contributed by atoms with Gasteiger partial charge in [0.1, 0.15) is 6.17 Å². The van der Waals surface area contributed by atoms with Gasteiger partial charge >= 0.3 is 0 Å². The third kappa shape index (κ3) is 5.20. The van der Waals surface area contributed by atoms with E-state index in [0.29, 0.717) is 47.1 Å². The lowest BCUT2D eigenvalue weighted by Gasteiger charge is -2.60. The number of carbonyl (C=O) groups is 2. The van der Waals surface area contributed by atoms with E-state index >= 15 is 0 Å². The Labute approximate surface area is 320 Å². The minimum atomic E-state index is -0.787. The quantitative estimate of drug-likeness (QED) is 0.166. The Balaban J connectivity index is 1.59. The number of hydrogen-bond donors (Lipinski definition) is 0. The Morgan fingerprint density at radius 2 is 1.24 bits per heavy atom. The van der Waals surface area contributed by atoms with Gasteiger partial charge in [-0.05, 0) is 117 Å². The molecule has 0 aromatic heterocycles. The fourth-order valence-electron chi connectivity index (χ4n) is 7.93. The van der Waals surface area contributed by atoms with Gasteiger partial charge in [-0.1, -0.05) is 82.8 Å². The molecule has 4 aromatic carbocycles. The predicted molar refractivity (Wildman–Crippen MR) is 212 cm³/mol. The molecule has 4 aromatic rings. The van der Waals surface area contributed by atoms with Crippen molar-refractivity contribution in [3.05, 3.63) is 127 Å². The van der Waals surface area contributed by atoms with E-state index in [9.17, 15) is 9.59 Å². The van der Waals surface area contributed by atoms with Crippen molar-refractivity contribution in [1.82, 2.24) is 0 Å². The Morgan fingerprint density at radius 3 is 1.80 bits per heavy atom. The summed E-state index contributed by atoms with van der Waals surface area (Å²) in [5.74, 6) is 0.114. The number of allylic oxidation sites excluding steroid dienone is 1. The highest BCUT2D eigenvalue weighted by atomic mass is 79.9. The molecule has 3 aliphatic rings. The van der Waals surface area contributed by atoms with Crippen LogP contribution in [-0.4, -0.2) is 23.7 Å². The van der Waals surface area contributed by atoms with Crippen LogP contribution in [-0.2, 0) is 9.59 Å². The number of aliphatic imine (C=N–C) groups is 1. The molecule has 0 N–H and O–H groups in total. The maximum atomic E-state index is 14.5. The van der Waals surface area contributed by atoms with Crippen LogP contribution in [0, 0.1) is 10.8 Å². The Bertz CT molecular complexity index is 2050. The summed E-state index contributed by atoms with van der Waals surface area (Å²) in [5.41, 5.74) is 4.86. The first-order chi connectivity index (χ1) is 24.0. The number of nitrogens with zero attached hydrogens (tertiary/aromatic N) is 4. The van der Waals surface area contributed by atoms with Crippen molar-refractivity contribution in [2.75, 3.05) is 14.7 Å². The lowest BCUT2D eigenvalue weighted by Crippen LogP contribution is -2.75. The van der Waals surface area contributed by atoms with E-state index < -0.39 is 17.0 Å². The summed E-state index contributed by atoms with van der Waals surface area (Å²) in [4.78, 5) is 40.4. The van der Waals surface area contributed by atoms with Crippen molar-refractivity contribution in [2.45, 2.75) is 59.5 Å². The maximum Gasteiger partial charge on any atom is 0.243 e. The number of rotatable bonds is 8. The standard InChI is InChI=1S/C40H36Br2Cl2N4O2/c1-5-39(6-2)35(46(37(39)49)29-18-9-24(41)10-19-29)34-33(45-28-16-13-26(43)14-17-28)31-23-27(44)15-22-32(31)48(34)36-40(7-3,8-4)38(50)47(36)30-20-11-25(42)12-21-30/h9-23,36H,5-8H2,1-4H3/b35-34-,45-33?. The molecule has 6 nitrogen and oxygen atoms in total. The molecular formula is C40H36Br2Cl2N4O2. The number of benzene rings is 4. The summed E-state index contributed by atoms with van der Waals surface area (Å²) in [6.45, 7) is 8.32. The molecule has 256 valence electrons. The van der Waals surface area contributed by atoms with Crippen LogP contribution in [0.4, 0.5) is 22.7 Å². The van der Waals surface area contributed by atoms with Crippen molar-refractivity contribution in [2.24, 2.45) is 15.8 Å². The first-order valence-electron chi connectivity index (χ1n) is 16.9. The van der Waals surface area contributed by atoms with Crippen molar-refractivity contribution in [3.63, 3.8) is 0 Å². The molecule has 10 heteroatoms. The highest BCUT2D eigenvalue weighted by Crippen LogP contribution is 2.59. The van der Waals surface area contributed by atoms with Gasteiger partial charge in [0, 0.05) is 35.9 Å². The summed E-state index contributed by atoms with van der Waals surface area (Å²) < 4.78 is 1.85. The molecule has 1 atom stereocenters. The maximum absolute atomic E-state index is 14.5. The molecule has 0 aliphatic carbocycles. The minimum Gasteiger partial charge on any atom is -0.315 e. The van der Waals surface area contributed by atoms with Gasteiger partial charge in [0.25, 0.3) is 0 Å². The Kier molecular flexibility index (Phi) is 9.29. The number of halogens is 4. The van der Waals surface area contributed by atoms with E-state index in [1.807, 2.05) is 101 Å². The fourth-order valence-corrected chi connectivity index (χ4v) is 8.75. The molecule has 2 amide bonds. The molecule has 2 saturated heterocycles. The van der Waals surface area contributed by atoms with Crippen LogP contribution in [0.1, 0.15) is 58.9 Å². The molecule has 0 spiro atoms. The molecule has 0 radical (unpaired) electrons. The van der Waals surface area contributed by atoms with Crippen LogP contribution in [0.25, 0.3) is 0 Å². The zero-order valence-electron chi connectivity index (χ0n) is 28.2. The van der Waals surface area contributed by atoms with Crippen molar-refractivity contribution < 1.29 is 9.59 Å². The summed E-state index contributed by atoms with van der Waals surface area (Å²) in [6.07, 6.45) is 2.04. The van der Waals surface area contributed by atoms with Gasteiger partial charge in [0.05, 0.1) is 39.3 Å². The van der Waals surface area contributed by atoms with E-state index in [1.165, 1.54) is 0 Å². The van der Waals surface area contributed by atoms with Crippen LogP contribution >= 0.6 is 55.1 Å². The minimum absolute atomic E-state index is 0.0406. The first kappa shape index (κ1) is 35.0. The predicted octanol–water partition coefficient (Wildman–Crippen LogP) is 11.7. The Morgan fingerprint density at radius 1 is 0.680 bits per heavy atom. The molecule has 1 unspecified atom stereocenters. The SMILES string of the molecule is CCC1(CC)C(=O)N(c2ccc(Br)cc2)/C1=C1/C(=Nc2ccc(Cl)cc2)c2cc(Cl)ccc2N1C1N(c2ccc(Br)cc2)C(=O)C1(CC)CC. The van der Waals surface area contributed by atoms with Gasteiger partial charge in [-0.2, -0.15) is 0 Å². The molecule has 7 rings (SSSR count). The van der Waals surface area contributed by atoms with Crippen LogP contribution in [0.3, 0.4) is 0 Å². The number of anilines is 3. The van der Waals surface area contributed by atoms with Crippen LogP contribution < -0.4 is 14.7 Å². The van der Waals surface area contributed by atoms with E-state index in [-0.39, 0.29) is 11.8 Å². The van der Waals surface area contributed by atoms with E-state index in [4.69, 9.17) is 28.2 Å². The van der Waals surface area contributed by atoms with Crippen molar-refractivity contribution in [3.8, 4) is 0 Å². The van der Waals surface area contributed by atoms with Crippen LogP contribution in [0.15, 0.2) is 116 Å². The molecule has 3 aliphatic heterocycles. The third-order valence-electron chi connectivity index (χ3n) is 10.8. The van der Waals surface area contributed by atoms with E-state index in [0.717, 1.165) is 43.0 Å². The summed E-state index contributed by atoms with van der Waals surface area (Å²) in [5, 5.41) is 1.18. The van der Waals surface area contributed by atoms with Gasteiger partial charge in [0.2, 0.25) is 11.8 Å². The summed E-state index contributed by atoms with van der Waals surface area (Å²) in [6, 6.07) is 29.0. The summed E-state index contributed by atoms with van der Waals surface area (Å²) in [7, 11) is 0. The van der Waals surface area contributed by atoms with Gasteiger partial charge in [-0.3, -0.25) is 19.4 Å². The smallest absolute Gasteiger partial charge is 0.243 e. The molecule has 2 fully saturated rings.